The molecule has 82 valence electrons. The average molecular weight is 200 g/mol. The van der Waals surface area contributed by atoms with Gasteiger partial charge in [-0.25, -0.2) is 0 Å². The fraction of sp³-hybridized carbons (Fsp3) is 0.909. The van der Waals surface area contributed by atoms with Gasteiger partial charge in [0.1, 0.15) is 0 Å². The van der Waals surface area contributed by atoms with Crippen molar-refractivity contribution in [1.82, 2.24) is 0 Å². The molecule has 1 unspecified atom stereocenters. The predicted molar refractivity (Wildman–Crippen MR) is 54.0 cm³/mol. The summed E-state index contributed by atoms with van der Waals surface area (Å²) in [6.45, 7) is 5.58. The second-order valence-electron chi connectivity index (χ2n) is 4.24. The first kappa shape index (κ1) is 11.5. The van der Waals surface area contributed by atoms with Crippen LogP contribution in [0.3, 0.4) is 0 Å². The van der Waals surface area contributed by atoms with E-state index in [0.717, 1.165) is 25.9 Å². The van der Waals surface area contributed by atoms with E-state index in [4.69, 9.17) is 9.47 Å². The van der Waals surface area contributed by atoms with E-state index in [2.05, 4.69) is 13.8 Å². The lowest BCUT2D eigenvalue weighted by atomic mass is 10.1. The number of hydrogen-bond acceptors (Lipinski definition) is 3. The number of carbonyl (C=O) groups excluding carboxylic acids is 1. The van der Waals surface area contributed by atoms with E-state index < -0.39 is 0 Å². The normalized spacial score (nSPS) is 21.5. The van der Waals surface area contributed by atoms with Gasteiger partial charge < -0.3 is 9.47 Å². The Morgan fingerprint density at radius 1 is 1.57 bits per heavy atom. The smallest absolute Gasteiger partial charge is 0.308 e. The van der Waals surface area contributed by atoms with Gasteiger partial charge in [0.05, 0.1) is 19.1 Å². The molecule has 0 amide bonds. The maximum Gasteiger partial charge on any atom is 0.308 e. The summed E-state index contributed by atoms with van der Waals surface area (Å²) in [7, 11) is 0. The Balaban J connectivity index is 2.03. The lowest BCUT2D eigenvalue weighted by Gasteiger charge is -2.09. The summed E-state index contributed by atoms with van der Waals surface area (Å²) in [5, 5.41) is 0. The molecule has 1 rings (SSSR count). The molecule has 0 aromatic carbocycles. The van der Waals surface area contributed by atoms with E-state index in [1.165, 1.54) is 0 Å². The lowest BCUT2D eigenvalue weighted by molar-refractivity contribution is -0.146. The Labute approximate surface area is 85.8 Å². The molecule has 3 nitrogen and oxygen atoms in total. The molecule has 0 radical (unpaired) electrons. The van der Waals surface area contributed by atoms with Gasteiger partial charge in [0.2, 0.25) is 0 Å². The van der Waals surface area contributed by atoms with Crippen LogP contribution in [-0.2, 0) is 14.3 Å². The maximum absolute atomic E-state index is 11.3. The highest BCUT2D eigenvalue weighted by molar-refractivity contribution is 5.69. The zero-order valence-electron chi connectivity index (χ0n) is 9.12. The van der Waals surface area contributed by atoms with Gasteiger partial charge in [-0.15, -0.1) is 0 Å². The molecule has 0 aromatic rings. The van der Waals surface area contributed by atoms with Crippen LogP contribution in [0.15, 0.2) is 0 Å². The van der Waals surface area contributed by atoms with Gasteiger partial charge in [0.15, 0.2) is 0 Å². The SMILES string of the molecule is CC(C)CCOC(=O)CC1CCCO1. The Morgan fingerprint density at radius 3 is 2.93 bits per heavy atom. The molecule has 1 saturated heterocycles. The first-order valence-electron chi connectivity index (χ1n) is 5.45. The summed E-state index contributed by atoms with van der Waals surface area (Å²) in [6, 6.07) is 0. The van der Waals surface area contributed by atoms with Gasteiger partial charge in [-0.05, 0) is 25.2 Å². The van der Waals surface area contributed by atoms with Crippen molar-refractivity contribution >= 4 is 5.97 Å². The third-order valence-electron chi connectivity index (χ3n) is 2.38. The summed E-state index contributed by atoms with van der Waals surface area (Å²) in [4.78, 5) is 11.3. The summed E-state index contributed by atoms with van der Waals surface area (Å²) in [5.74, 6) is 0.475. The molecule has 0 bridgehead atoms. The monoisotopic (exact) mass is 200 g/mol. The van der Waals surface area contributed by atoms with Crippen LogP contribution in [0.4, 0.5) is 0 Å². The van der Waals surface area contributed by atoms with Crippen molar-refractivity contribution in [2.75, 3.05) is 13.2 Å². The molecule has 0 aromatic heterocycles. The molecule has 0 saturated carbocycles. The van der Waals surface area contributed by atoms with Crippen molar-refractivity contribution in [3.05, 3.63) is 0 Å². The van der Waals surface area contributed by atoms with Crippen molar-refractivity contribution in [1.29, 1.82) is 0 Å². The second kappa shape index (κ2) is 6.02. The Kier molecular flexibility index (Phi) is 4.94. The van der Waals surface area contributed by atoms with E-state index in [9.17, 15) is 4.79 Å². The highest BCUT2D eigenvalue weighted by atomic mass is 16.5. The number of carbonyl (C=O) groups is 1. The molecule has 0 spiro atoms. The zero-order valence-corrected chi connectivity index (χ0v) is 9.12. The first-order chi connectivity index (χ1) is 6.68. The molecule has 0 aliphatic carbocycles. The number of esters is 1. The van der Waals surface area contributed by atoms with Crippen LogP contribution in [0, 0.1) is 5.92 Å². The van der Waals surface area contributed by atoms with E-state index >= 15 is 0 Å². The van der Waals surface area contributed by atoms with Crippen molar-refractivity contribution in [3.8, 4) is 0 Å². The highest BCUT2D eigenvalue weighted by Gasteiger charge is 2.19. The van der Waals surface area contributed by atoms with Gasteiger partial charge in [-0.3, -0.25) is 4.79 Å². The first-order valence-corrected chi connectivity index (χ1v) is 5.45. The van der Waals surface area contributed by atoms with Gasteiger partial charge in [0.25, 0.3) is 0 Å². The molecule has 1 atom stereocenters. The van der Waals surface area contributed by atoms with E-state index in [0.29, 0.717) is 18.9 Å². The Hall–Kier alpha value is -0.570. The number of ether oxygens (including phenoxy) is 2. The van der Waals surface area contributed by atoms with Gasteiger partial charge in [-0.2, -0.15) is 0 Å². The quantitative estimate of drug-likeness (QED) is 0.638. The fourth-order valence-corrected chi connectivity index (χ4v) is 1.46. The molecular weight excluding hydrogens is 180 g/mol. The molecule has 1 aliphatic rings. The molecule has 0 N–H and O–H groups in total. The number of hydrogen-bond donors (Lipinski definition) is 0. The predicted octanol–water partition coefficient (Wildman–Crippen LogP) is 2.14. The molecule has 1 aliphatic heterocycles. The van der Waals surface area contributed by atoms with Crippen LogP contribution in [0.5, 0.6) is 0 Å². The summed E-state index contributed by atoms with van der Waals surface area (Å²) in [5.41, 5.74) is 0. The van der Waals surface area contributed by atoms with Crippen LogP contribution in [0.25, 0.3) is 0 Å². The minimum absolute atomic E-state index is 0.113. The summed E-state index contributed by atoms with van der Waals surface area (Å²) < 4.78 is 10.4. The molecule has 1 heterocycles. The second-order valence-corrected chi connectivity index (χ2v) is 4.24. The average Bonchev–Trinajstić information content (AvgIpc) is 2.56. The topological polar surface area (TPSA) is 35.5 Å². The highest BCUT2D eigenvalue weighted by Crippen LogP contribution is 2.15. The van der Waals surface area contributed by atoms with Crippen LogP contribution in [0.1, 0.15) is 39.5 Å². The largest absolute Gasteiger partial charge is 0.466 e. The standard InChI is InChI=1S/C11H20O3/c1-9(2)5-7-14-11(12)8-10-4-3-6-13-10/h9-10H,3-8H2,1-2H3. The number of rotatable bonds is 5. The molecular formula is C11H20O3. The summed E-state index contributed by atoms with van der Waals surface area (Å²) >= 11 is 0. The van der Waals surface area contributed by atoms with E-state index in [1.807, 2.05) is 0 Å². The van der Waals surface area contributed by atoms with Gasteiger partial charge in [0, 0.05) is 6.61 Å². The van der Waals surface area contributed by atoms with Crippen LogP contribution in [0.2, 0.25) is 0 Å². The molecule has 1 fully saturated rings. The third-order valence-corrected chi connectivity index (χ3v) is 2.38. The van der Waals surface area contributed by atoms with E-state index in [-0.39, 0.29) is 12.1 Å². The van der Waals surface area contributed by atoms with Gasteiger partial charge in [-0.1, -0.05) is 13.8 Å². The van der Waals surface area contributed by atoms with Crippen LogP contribution in [-0.4, -0.2) is 25.3 Å². The third kappa shape index (κ3) is 4.61. The van der Waals surface area contributed by atoms with Crippen LogP contribution < -0.4 is 0 Å². The van der Waals surface area contributed by atoms with Crippen molar-refractivity contribution in [3.63, 3.8) is 0 Å². The summed E-state index contributed by atoms with van der Waals surface area (Å²) in [6.07, 6.45) is 3.56. The maximum atomic E-state index is 11.3. The Morgan fingerprint density at radius 2 is 2.36 bits per heavy atom. The van der Waals surface area contributed by atoms with Crippen molar-refractivity contribution in [2.45, 2.75) is 45.6 Å². The van der Waals surface area contributed by atoms with Crippen molar-refractivity contribution in [2.24, 2.45) is 5.92 Å². The molecule has 14 heavy (non-hydrogen) atoms. The van der Waals surface area contributed by atoms with E-state index in [1.54, 1.807) is 0 Å². The van der Waals surface area contributed by atoms with Gasteiger partial charge >= 0.3 is 5.97 Å². The van der Waals surface area contributed by atoms with Crippen LogP contribution >= 0.6 is 0 Å². The fourth-order valence-electron chi connectivity index (χ4n) is 1.46. The minimum Gasteiger partial charge on any atom is -0.466 e. The molecule has 3 heteroatoms. The Bertz CT molecular complexity index is 171. The minimum atomic E-state index is -0.113. The lowest BCUT2D eigenvalue weighted by Crippen LogP contribution is -2.15. The zero-order chi connectivity index (χ0) is 10.4. The van der Waals surface area contributed by atoms with Crippen molar-refractivity contribution < 1.29 is 14.3 Å².